The Hall–Kier alpha value is -3.07. The highest BCUT2D eigenvalue weighted by Gasteiger charge is 2.27. The van der Waals surface area contributed by atoms with Gasteiger partial charge in [-0.3, -0.25) is 10.1 Å². The molecule has 2 heterocycles. The van der Waals surface area contributed by atoms with Crippen LogP contribution in [-0.4, -0.2) is 50.4 Å². The summed E-state index contributed by atoms with van der Waals surface area (Å²) in [7, 11) is 3.15. The van der Waals surface area contributed by atoms with E-state index in [0.29, 0.717) is 55.7 Å². The molecule has 0 aliphatic carbocycles. The Kier molecular flexibility index (Phi) is 6.15. The molecule has 0 saturated carbocycles. The van der Waals surface area contributed by atoms with Crippen LogP contribution in [0, 0.1) is 17.0 Å². The molecule has 1 aromatic carbocycles. The molecule has 1 N–H and O–H groups in total. The van der Waals surface area contributed by atoms with Crippen molar-refractivity contribution in [1.82, 2.24) is 4.98 Å². The van der Waals surface area contributed by atoms with Gasteiger partial charge in [0, 0.05) is 37.0 Å². The van der Waals surface area contributed by atoms with Crippen molar-refractivity contribution in [3.63, 3.8) is 0 Å². The molecule has 1 saturated heterocycles. The molecule has 1 aliphatic rings. The summed E-state index contributed by atoms with van der Waals surface area (Å²) in [5.41, 5.74) is 2.08. The summed E-state index contributed by atoms with van der Waals surface area (Å²) < 4.78 is 16.0. The van der Waals surface area contributed by atoms with E-state index in [1.807, 2.05) is 24.0 Å². The van der Waals surface area contributed by atoms with Gasteiger partial charge in [-0.05, 0) is 25.1 Å². The second-order valence-corrected chi connectivity index (χ2v) is 6.37. The first-order valence-corrected chi connectivity index (χ1v) is 8.97. The Morgan fingerprint density at radius 2 is 2.00 bits per heavy atom. The zero-order valence-electron chi connectivity index (χ0n) is 16.2. The van der Waals surface area contributed by atoms with Crippen molar-refractivity contribution in [3.05, 3.63) is 45.6 Å². The average molecular weight is 388 g/mol. The van der Waals surface area contributed by atoms with Crippen molar-refractivity contribution in [2.75, 3.05) is 50.7 Å². The summed E-state index contributed by atoms with van der Waals surface area (Å²) in [6, 6.07) is 7.20. The second kappa shape index (κ2) is 8.75. The first-order chi connectivity index (χ1) is 13.5. The largest absolute Gasteiger partial charge is 0.497 e. The van der Waals surface area contributed by atoms with Gasteiger partial charge in [-0.2, -0.15) is 0 Å². The maximum Gasteiger partial charge on any atom is 0.334 e. The van der Waals surface area contributed by atoms with Crippen LogP contribution >= 0.6 is 0 Å². The number of nitrogens with zero attached hydrogens (tertiary/aromatic N) is 3. The first kappa shape index (κ1) is 19.7. The van der Waals surface area contributed by atoms with E-state index < -0.39 is 0 Å². The highest BCUT2D eigenvalue weighted by atomic mass is 16.6. The van der Waals surface area contributed by atoms with Crippen LogP contribution in [0.25, 0.3) is 0 Å². The SMILES string of the molecule is COc1ccc(CNc2nc(C)cc(N3CCOCC3)c2[N+](=O)[O-])c(OC)c1. The van der Waals surface area contributed by atoms with E-state index in [2.05, 4.69) is 10.3 Å². The van der Waals surface area contributed by atoms with E-state index in [-0.39, 0.29) is 16.4 Å². The zero-order valence-corrected chi connectivity index (χ0v) is 16.2. The Morgan fingerprint density at radius 3 is 2.64 bits per heavy atom. The van der Waals surface area contributed by atoms with E-state index in [1.54, 1.807) is 26.4 Å². The van der Waals surface area contributed by atoms with Crippen LogP contribution in [0.1, 0.15) is 11.3 Å². The van der Waals surface area contributed by atoms with Crippen molar-refractivity contribution in [2.24, 2.45) is 0 Å². The number of nitro groups is 1. The minimum Gasteiger partial charge on any atom is -0.497 e. The normalized spacial score (nSPS) is 13.9. The third kappa shape index (κ3) is 4.25. The van der Waals surface area contributed by atoms with Gasteiger partial charge < -0.3 is 24.4 Å². The van der Waals surface area contributed by atoms with E-state index in [0.717, 1.165) is 5.56 Å². The molecule has 2 aromatic rings. The van der Waals surface area contributed by atoms with Crippen LogP contribution < -0.4 is 19.7 Å². The first-order valence-electron chi connectivity index (χ1n) is 8.97. The molecule has 0 bridgehead atoms. The Balaban J connectivity index is 1.91. The van der Waals surface area contributed by atoms with Crippen molar-refractivity contribution in [3.8, 4) is 11.5 Å². The Labute approximate surface area is 163 Å². The number of anilines is 2. The van der Waals surface area contributed by atoms with E-state index >= 15 is 0 Å². The maximum absolute atomic E-state index is 11.8. The topological polar surface area (TPSA) is 99.0 Å². The minimum absolute atomic E-state index is 0.0278. The van der Waals surface area contributed by atoms with Crippen LogP contribution in [0.5, 0.6) is 11.5 Å². The predicted octanol–water partition coefficient (Wildman–Crippen LogP) is 2.76. The summed E-state index contributed by atoms with van der Waals surface area (Å²) in [6.45, 7) is 4.46. The minimum atomic E-state index is -0.384. The molecule has 0 amide bonds. The van der Waals surface area contributed by atoms with Gasteiger partial charge in [0.2, 0.25) is 5.82 Å². The maximum atomic E-state index is 11.8. The van der Waals surface area contributed by atoms with Crippen LogP contribution in [-0.2, 0) is 11.3 Å². The average Bonchev–Trinajstić information content (AvgIpc) is 2.71. The standard InChI is InChI=1S/C19H24N4O5/c1-13-10-16(22-6-8-28-9-7-22)18(23(24)25)19(21-13)20-12-14-4-5-15(26-2)11-17(14)27-3/h4-5,10-11H,6-9,12H2,1-3H3,(H,20,21). The number of hydrogen-bond donors (Lipinski definition) is 1. The number of morpholine rings is 1. The molecule has 9 heteroatoms. The van der Waals surface area contributed by atoms with E-state index in [1.165, 1.54) is 0 Å². The summed E-state index contributed by atoms with van der Waals surface area (Å²) >= 11 is 0. The number of benzene rings is 1. The zero-order chi connectivity index (χ0) is 20.1. The van der Waals surface area contributed by atoms with Crippen molar-refractivity contribution >= 4 is 17.2 Å². The van der Waals surface area contributed by atoms with E-state index in [9.17, 15) is 10.1 Å². The van der Waals surface area contributed by atoms with Gasteiger partial charge in [0.15, 0.2) is 0 Å². The monoisotopic (exact) mass is 388 g/mol. The second-order valence-electron chi connectivity index (χ2n) is 6.37. The highest BCUT2D eigenvalue weighted by molar-refractivity contribution is 5.75. The molecule has 1 aliphatic heterocycles. The van der Waals surface area contributed by atoms with Crippen LogP contribution in [0.4, 0.5) is 17.2 Å². The summed E-state index contributed by atoms with van der Waals surface area (Å²) in [4.78, 5) is 17.8. The molecule has 0 unspecified atom stereocenters. The van der Waals surface area contributed by atoms with Gasteiger partial charge in [-0.25, -0.2) is 4.98 Å². The number of pyridine rings is 1. The van der Waals surface area contributed by atoms with Gasteiger partial charge in [-0.1, -0.05) is 0 Å². The van der Waals surface area contributed by atoms with Gasteiger partial charge >= 0.3 is 5.69 Å². The quantitative estimate of drug-likeness (QED) is 0.571. The van der Waals surface area contributed by atoms with E-state index in [4.69, 9.17) is 14.2 Å². The number of ether oxygens (including phenoxy) is 3. The lowest BCUT2D eigenvalue weighted by molar-refractivity contribution is -0.383. The third-order valence-electron chi connectivity index (χ3n) is 4.58. The summed E-state index contributed by atoms with van der Waals surface area (Å²) in [5, 5.41) is 15.0. The fourth-order valence-electron chi connectivity index (χ4n) is 3.17. The van der Waals surface area contributed by atoms with Crippen LogP contribution in [0.2, 0.25) is 0 Å². The fourth-order valence-corrected chi connectivity index (χ4v) is 3.17. The van der Waals surface area contributed by atoms with Gasteiger partial charge in [-0.15, -0.1) is 0 Å². The molecule has 0 atom stereocenters. The van der Waals surface area contributed by atoms with Gasteiger partial charge in [0.1, 0.15) is 17.2 Å². The molecular formula is C19H24N4O5. The molecule has 1 aromatic heterocycles. The fraction of sp³-hybridized carbons (Fsp3) is 0.421. The summed E-state index contributed by atoms with van der Waals surface area (Å²) in [5.74, 6) is 1.55. The van der Waals surface area contributed by atoms with Crippen molar-refractivity contribution in [2.45, 2.75) is 13.5 Å². The predicted molar refractivity (Wildman–Crippen MR) is 106 cm³/mol. The molecule has 3 rings (SSSR count). The molecule has 0 spiro atoms. The van der Waals surface area contributed by atoms with Crippen LogP contribution in [0.15, 0.2) is 24.3 Å². The molecule has 9 nitrogen and oxygen atoms in total. The molecule has 0 radical (unpaired) electrons. The van der Waals surface area contributed by atoms with Crippen LogP contribution in [0.3, 0.4) is 0 Å². The van der Waals surface area contributed by atoms with Crippen molar-refractivity contribution in [1.29, 1.82) is 0 Å². The lowest BCUT2D eigenvalue weighted by Gasteiger charge is -2.29. The molecule has 1 fully saturated rings. The third-order valence-corrected chi connectivity index (χ3v) is 4.58. The smallest absolute Gasteiger partial charge is 0.334 e. The number of nitrogens with one attached hydrogen (secondary N) is 1. The molecular weight excluding hydrogens is 364 g/mol. The number of aryl methyl sites for hydroxylation is 1. The molecule has 28 heavy (non-hydrogen) atoms. The van der Waals surface area contributed by atoms with Gasteiger partial charge in [0.25, 0.3) is 0 Å². The summed E-state index contributed by atoms with van der Waals surface area (Å²) in [6.07, 6.45) is 0. The number of hydrogen-bond acceptors (Lipinski definition) is 8. The van der Waals surface area contributed by atoms with Gasteiger partial charge in [0.05, 0.1) is 32.4 Å². The number of methoxy groups -OCH3 is 2. The Bertz CT molecular complexity index is 852. The number of aromatic nitrogens is 1. The lowest BCUT2D eigenvalue weighted by atomic mass is 10.1. The lowest BCUT2D eigenvalue weighted by Crippen LogP contribution is -2.36. The Morgan fingerprint density at radius 1 is 1.25 bits per heavy atom. The number of rotatable bonds is 7. The molecule has 150 valence electrons. The van der Waals surface area contributed by atoms with Crippen molar-refractivity contribution < 1.29 is 19.1 Å². The highest BCUT2D eigenvalue weighted by Crippen LogP contribution is 2.36.